The highest BCUT2D eigenvalue weighted by atomic mass is 16.1. The molecule has 19 heavy (non-hydrogen) atoms. The SMILES string of the molecule is CC(C)C[C@H](CN)CC(=O)NCCCn1ccnc1. The van der Waals surface area contributed by atoms with Gasteiger partial charge in [0.1, 0.15) is 0 Å². The van der Waals surface area contributed by atoms with Gasteiger partial charge in [0.05, 0.1) is 6.33 Å². The molecule has 1 rings (SSSR count). The summed E-state index contributed by atoms with van der Waals surface area (Å²) in [6.45, 7) is 6.49. The van der Waals surface area contributed by atoms with Gasteiger partial charge < -0.3 is 15.6 Å². The van der Waals surface area contributed by atoms with Gasteiger partial charge in [-0.25, -0.2) is 4.98 Å². The average molecular weight is 266 g/mol. The number of amides is 1. The van der Waals surface area contributed by atoms with E-state index in [9.17, 15) is 4.79 Å². The van der Waals surface area contributed by atoms with Crippen LogP contribution in [0.3, 0.4) is 0 Å². The van der Waals surface area contributed by atoms with Crippen LogP contribution in [0, 0.1) is 11.8 Å². The van der Waals surface area contributed by atoms with Crippen molar-refractivity contribution in [3.8, 4) is 0 Å². The molecule has 0 saturated heterocycles. The number of hydrogen-bond donors (Lipinski definition) is 2. The zero-order valence-electron chi connectivity index (χ0n) is 12.0. The van der Waals surface area contributed by atoms with Gasteiger partial charge in [0.15, 0.2) is 0 Å². The van der Waals surface area contributed by atoms with Gasteiger partial charge in [-0.2, -0.15) is 0 Å². The number of rotatable bonds is 9. The van der Waals surface area contributed by atoms with Gasteiger partial charge in [0, 0.05) is 31.9 Å². The highest BCUT2D eigenvalue weighted by Crippen LogP contribution is 2.13. The Hall–Kier alpha value is -1.36. The second-order valence-electron chi connectivity index (χ2n) is 5.44. The van der Waals surface area contributed by atoms with Crippen LogP contribution in [-0.4, -0.2) is 28.5 Å². The number of aromatic nitrogens is 2. The quantitative estimate of drug-likeness (QED) is 0.664. The molecule has 1 atom stereocenters. The minimum Gasteiger partial charge on any atom is -0.356 e. The van der Waals surface area contributed by atoms with Gasteiger partial charge in [-0.1, -0.05) is 13.8 Å². The summed E-state index contributed by atoms with van der Waals surface area (Å²) in [4.78, 5) is 15.7. The maximum Gasteiger partial charge on any atom is 0.220 e. The van der Waals surface area contributed by atoms with E-state index < -0.39 is 0 Å². The predicted octanol–water partition coefficient (Wildman–Crippen LogP) is 1.40. The van der Waals surface area contributed by atoms with Crippen molar-refractivity contribution < 1.29 is 4.79 Å². The van der Waals surface area contributed by atoms with E-state index in [4.69, 9.17) is 5.73 Å². The predicted molar refractivity (Wildman–Crippen MR) is 76.5 cm³/mol. The van der Waals surface area contributed by atoms with Crippen molar-refractivity contribution in [1.82, 2.24) is 14.9 Å². The number of nitrogens with one attached hydrogen (secondary N) is 1. The molecule has 0 saturated carbocycles. The van der Waals surface area contributed by atoms with Crippen LogP contribution in [0.2, 0.25) is 0 Å². The van der Waals surface area contributed by atoms with Crippen molar-refractivity contribution in [2.45, 2.75) is 39.7 Å². The highest BCUT2D eigenvalue weighted by Gasteiger charge is 2.13. The van der Waals surface area contributed by atoms with E-state index in [0.29, 0.717) is 31.3 Å². The van der Waals surface area contributed by atoms with Crippen LogP contribution >= 0.6 is 0 Å². The zero-order valence-corrected chi connectivity index (χ0v) is 12.0. The van der Waals surface area contributed by atoms with E-state index >= 15 is 0 Å². The first-order valence-corrected chi connectivity index (χ1v) is 7.04. The summed E-state index contributed by atoms with van der Waals surface area (Å²) in [6.07, 6.45) is 7.94. The third-order valence-corrected chi connectivity index (χ3v) is 3.09. The number of carbonyl (C=O) groups excluding carboxylic acids is 1. The Morgan fingerprint density at radius 1 is 1.47 bits per heavy atom. The maximum atomic E-state index is 11.8. The minimum absolute atomic E-state index is 0.113. The Morgan fingerprint density at radius 3 is 2.84 bits per heavy atom. The van der Waals surface area contributed by atoms with Gasteiger partial charge in [-0.3, -0.25) is 4.79 Å². The number of aryl methyl sites for hydroxylation is 1. The molecule has 0 bridgehead atoms. The van der Waals surface area contributed by atoms with Crippen molar-refractivity contribution in [1.29, 1.82) is 0 Å². The first-order valence-electron chi connectivity index (χ1n) is 7.04. The molecule has 0 spiro atoms. The first-order chi connectivity index (χ1) is 9.11. The molecule has 0 unspecified atom stereocenters. The largest absolute Gasteiger partial charge is 0.356 e. The molecule has 0 radical (unpaired) electrons. The summed E-state index contributed by atoms with van der Waals surface area (Å²) in [5, 5.41) is 2.95. The van der Waals surface area contributed by atoms with Crippen LogP contribution in [0.4, 0.5) is 0 Å². The molecule has 3 N–H and O–H groups in total. The molecule has 0 aromatic carbocycles. The molecule has 1 heterocycles. The van der Waals surface area contributed by atoms with E-state index in [1.54, 1.807) is 12.5 Å². The second-order valence-corrected chi connectivity index (χ2v) is 5.44. The molecular weight excluding hydrogens is 240 g/mol. The lowest BCUT2D eigenvalue weighted by Crippen LogP contribution is -2.29. The van der Waals surface area contributed by atoms with Gasteiger partial charge in [-0.05, 0) is 31.2 Å². The Labute approximate surface area is 115 Å². The van der Waals surface area contributed by atoms with E-state index in [-0.39, 0.29) is 5.91 Å². The highest BCUT2D eigenvalue weighted by molar-refractivity contribution is 5.76. The van der Waals surface area contributed by atoms with Crippen molar-refractivity contribution >= 4 is 5.91 Å². The second kappa shape index (κ2) is 8.69. The summed E-state index contributed by atoms with van der Waals surface area (Å²) in [5.74, 6) is 0.998. The lowest BCUT2D eigenvalue weighted by molar-refractivity contribution is -0.122. The molecule has 1 aromatic rings. The molecule has 0 aliphatic heterocycles. The van der Waals surface area contributed by atoms with Gasteiger partial charge in [0.2, 0.25) is 5.91 Å². The molecule has 1 aromatic heterocycles. The summed E-state index contributed by atoms with van der Waals surface area (Å²) in [7, 11) is 0. The molecule has 5 heteroatoms. The number of nitrogens with zero attached hydrogens (tertiary/aromatic N) is 2. The van der Waals surface area contributed by atoms with Crippen molar-refractivity contribution in [2.24, 2.45) is 17.6 Å². The summed E-state index contributed by atoms with van der Waals surface area (Å²) >= 11 is 0. The first kappa shape index (κ1) is 15.7. The van der Waals surface area contributed by atoms with E-state index in [2.05, 4.69) is 24.1 Å². The normalized spacial score (nSPS) is 12.6. The fraction of sp³-hybridized carbons (Fsp3) is 0.714. The maximum absolute atomic E-state index is 11.8. The summed E-state index contributed by atoms with van der Waals surface area (Å²) < 4.78 is 2.01. The van der Waals surface area contributed by atoms with Crippen LogP contribution in [0.15, 0.2) is 18.7 Å². The lowest BCUT2D eigenvalue weighted by Gasteiger charge is -2.16. The van der Waals surface area contributed by atoms with E-state index in [1.165, 1.54) is 0 Å². The zero-order chi connectivity index (χ0) is 14.1. The molecule has 0 fully saturated rings. The summed E-state index contributed by atoms with van der Waals surface area (Å²) in [5.41, 5.74) is 5.70. The summed E-state index contributed by atoms with van der Waals surface area (Å²) in [6, 6.07) is 0. The van der Waals surface area contributed by atoms with Crippen LogP contribution in [0.5, 0.6) is 0 Å². The van der Waals surface area contributed by atoms with Crippen molar-refractivity contribution in [2.75, 3.05) is 13.1 Å². The molecule has 5 nitrogen and oxygen atoms in total. The lowest BCUT2D eigenvalue weighted by atomic mass is 9.94. The van der Waals surface area contributed by atoms with Gasteiger partial charge in [0.25, 0.3) is 0 Å². The number of carbonyl (C=O) groups is 1. The number of imidazole rings is 1. The number of hydrogen-bond acceptors (Lipinski definition) is 3. The topological polar surface area (TPSA) is 72.9 Å². The average Bonchev–Trinajstić information content (AvgIpc) is 2.86. The van der Waals surface area contributed by atoms with Crippen LogP contribution in [0.25, 0.3) is 0 Å². The Morgan fingerprint density at radius 2 is 2.26 bits per heavy atom. The van der Waals surface area contributed by atoms with E-state index in [1.807, 2.05) is 10.8 Å². The molecular formula is C14H26N4O. The van der Waals surface area contributed by atoms with Crippen molar-refractivity contribution in [3.05, 3.63) is 18.7 Å². The van der Waals surface area contributed by atoms with E-state index in [0.717, 1.165) is 19.4 Å². The molecule has 108 valence electrons. The molecule has 1 amide bonds. The third kappa shape index (κ3) is 6.96. The van der Waals surface area contributed by atoms with Crippen LogP contribution in [-0.2, 0) is 11.3 Å². The minimum atomic E-state index is 0.113. The fourth-order valence-electron chi connectivity index (χ4n) is 2.17. The van der Waals surface area contributed by atoms with Gasteiger partial charge >= 0.3 is 0 Å². The number of nitrogens with two attached hydrogens (primary N) is 1. The van der Waals surface area contributed by atoms with Crippen LogP contribution in [0.1, 0.15) is 33.1 Å². The van der Waals surface area contributed by atoms with Crippen molar-refractivity contribution in [3.63, 3.8) is 0 Å². The Balaban J connectivity index is 2.12. The van der Waals surface area contributed by atoms with Gasteiger partial charge in [-0.15, -0.1) is 0 Å². The molecule has 0 aliphatic carbocycles. The monoisotopic (exact) mass is 266 g/mol. The third-order valence-electron chi connectivity index (χ3n) is 3.09. The fourth-order valence-corrected chi connectivity index (χ4v) is 2.17. The van der Waals surface area contributed by atoms with Crippen LogP contribution < -0.4 is 11.1 Å². The molecule has 0 aliphatic rings. The Bertz CT molecular complexity index is 348. The smallest absolute Gasteiger partial charge is 0.220 e. The standard InChI is InChI=1S/C14H26N4O/c1-12(2)8-13(10-15)9-14(19)17-4-3-6-18-7-5-16-11-18/h5,7,11-13H,3-4,6,8-10,15H2,1-2H3,(H,17,19)/t13-/m0/s1. The Kier molecular flexibility index (Phi) is 7.18.